The summed E-state index contributed by atoms with van der Waals surface area (Å²) in [6.07, 6.45) is 1.88. The molecule has 21 heavy (non-hydrogen) atoms. The Morgan fingerprint density at radius 2 is 1.86 bits per heavy atom. The third-order valence-electron chi connectivity index (χ3n) is 3.03. The number of methoxy groups -OCH3 is 2. The second-order valence-electron chi connectivity index (χ2n) is 4.63. The van der Waals surface area contributed by atoms with E-state index in [0.29, 0.717) is 23.9 Å². The molecule has 0 aliphatic heterocycles. The van der Waals surface area contributed by atoms with E-state index in [4.69, 9.17) is 14.2 Å². The van der Waals surface area contributed by atoms with E-state index in [1.807, 2.05) is 38.5 Å². The highest BCUT2D eigenvalue weighted by atomic mass is 16.5. The summed E-state index contributed by atoms with van der Waals surface area (Å²) in [5.41, 5.74) is 1.91. The van der Waals surface area contributed by atoms with Crippen LogP contribution in [0.15, 0.2) is 24.4 Å². The normalized spacial score (nSPS) is 10.5. The number of hydrogen-bond acceptors (Lipinski definition) is 5. The molecule has 0 fully saturated rings. The Balaban J connectivity index is 2.23. The average molecular weight is 291 g/mol. The molecule has 0 amide bonds. The van der Waals surface area contributed by atoms with Gasteiger partial charge in [0.15, 0.2) is 11.5 Å². The Hall–Kier alpha value is -2.21. The van der Waals surface area contributed by atoms with Crippen LogP contribution in [0.5, 0.6) is 17.2 Å². The molecule has 0 aliphatic carbocycles. The van der Waals surface area contributed by atoms with Crippen molar-refractivity contribution in [1.29, 1.82) is 0 Å². The van der Waals surface area contributed by atoms with Crippen LogP contribution in [0.25, 0.3) is 0 Å². The molecule has 1 N–H and O–H groups in total. The summed E-state index contributed by atoms with van der Waals surface area (Å²) in [6.45, 7) is 1.09. The predicted molar refractivity (Wildman–Crippen MR) is 79.8 cm³/mol. The van der Waals surface area contributed by atoms with Gasteiger partial charge in [0.1, 0.15) is 6.61 Å². The zero-order valence-electron chi connectivity index (χ0n) is 12.8. The molecule has 0 bridgehead atoms. The van der Waals surface area contributed by atoms with Crippen LogP contribution in [0, 0.1) is 0 Å². The van der Waals surface area contributed by atoms with E-state index in [-0.39, 0.29) is 0 Å². The SMILES string of the molecule is CNCc1cc(OC)c(OCc2ccn(C)n2)c(OC)c1. The highest BCUT2D eigenvalue weighted by Gasteiger charge is 2.14. The first-order valence-electron chi connectivity index (χ1n) is 6.68. The first kappa shape index (κ1) is 15.2. The first-order valence-corrected chi connectivity index (χ1v) is 6.68. The summed E-state index contributed by atoms with van der Waals surface area (Å²) in [6, 6.07) is 5.79. The van der Waals surface area contributed by atoms with Crippen LogP contribution < -0.4 is 19.5 Å². The lowest BCUT2D eigenvalue weighted by molar-refractivity contribution is 0.261. The zero-order valence-corrected chi connectivity index (χ0v) is 12.8. The molecule has 0 saturated heterocycles. The Bertz CT molecular complexity index is 571. The minimum Gasteiger partial charge on any atom is -0.493 e. The van der Waals surface area contributed by atoms with Gasteiger partial charge in [0.05, 0.1) is 19.9 Å². The largest absolute Gasteiger partial charge is 0.493 e. The maximum absolute atomic E-state index is 5.84. The maximum atomic E-state index is 5.84. The second-order valence-corrected chi connectivity index (χ2v) is 4.63. The van der Waals surface area contributed by atoms with E-state index < -0.39 is 0 Å². The monoisotopic (exact) mass is 291 g/mol. The molecule has 0 atom stereocenters. The molecule has 2 aromatic rings. The summed E-state index contributed by atoms with van der Waals surface area (Å²) in [5.74, 6) is 1.89. The van der Waals surface area contributed by atoms with Gasteiger partial charge in [0.2, 0.25) is 5.75 Å². The first-order chi connectivity index (χ1) is 10.2. The lowest BCUT2D eigenvalue weighted by atomic mass is 10.2. The standard InChI is InChI=1S/C15H21N3O3/c1-16-9-11-7-13(19-3)15(14(8-11)20-4)21-10-12-5-6-18(2)17-12/h5-8,16H,9-10H2,1-4H3. The summed E-state index contributed by atoms with van der Waals surface area (Å²) < 4.78 is 18.4. The van der Waals surface area contributed by atoms with Crippen molar-refractivity contribution in [3.8, 4) is 17.2 Å². The van der Waals surface area contributed by atoms with Gasteiger partial charge in [-0.3, -0.25) is 4.68 Å². The molecular weight excluding hydrogens is 270 g/mol. The minimum atomic E-state index is 0.360. The van der Waals surface area contributed by atoms with E-state index in [1.165, 1.54) is 0 Å². The zero-order chi connectivity index (χ0) is 15.2. The van der Waals surface area contributed by atoms with E-state index in [1.54, 1.807) is 18.9 Å². The van der Waals surface area contributed by atoms with Gasteiger partial charge in [-0.15, -0.1) is 0 Å². The fourth-order valence-electron chi connectivity index (χ4n) is 2.07. The van der Waals surface area contributed by atoms with E-state index in [9.17, 15) is 0 Å². The number of nitrogens with zero attached hydrogens (tertiary/aromatic N) is 2. The smallest absolute Gasteiger partial charge is 0.203 e. The van der Waals surface area contributed by atoms with Crippen LogP contribution in [0.1, 0.15) is 11.3 Å². The van der Waals surface area contributed by atoms with Crippen molar-refractivity contribution in [3.05, 3.63) is 35.7 Å². The highest BCUT2D eigenvalue weighted by Crippen LogP contribution is 2.39. The Kier molecular flexibility index (Phi) is 5.05. The molecule has 6 nitrogen and oxygen atoms in total. The molecule has 0 unspecified atom stereocenters. The fraction of sp³-hybridized carbons (Fsp3) is 0.400. The summed E-state index contributed by atoms with van der Waals surface area (Å²) in [4.78, 5) is 0. The molecule has 2 rings (SSSR count). The number of hydrogen-bond donors (Lipinski definition) is 1. The van der Waals surface area contributed by atoms with E-state index in [2.05, 4.69) is 10.4 Å². The third-order valence-corrected chi connectivity index (χ3v) is 3.03. The fourth-order valence-corrected chi connectivity index (χ4v) is 2.07. The molecule has 0 saturated carbocycles. The van der Waals surface area contributed by atoms with Crippen LogP contribution >= 0.6 is 0 Å². The molecule has 0 aliphatic rings. The second kappa shape index (κ2) is 6.99. The van der Waals surface area contributed by atoms with Crippen LogP contribution in [0.4, 0.5) is 0 Å². The number of rotatable bonds is 7. The quantitative estimate of drug-likeness (QED) is 0.842. The van der Waals surface area contributed by atoms with Gasteiger partial charge in [-0.2, -0.15) is 5.10 Å². The van der Waals surface area contributed by atoms with Crippen molar-refractivity contribution >= 4 is 0 Å². The van der Waals surface area contributed by atoms with Gasteiger partial charge < -0.3 is 19.5 Å². The van der Waals surface area contributed by atoms with Crippen LogP contribution in [0.3, 0.4) is 0 Å². The molecule has 1 aromatic heterocycles. The van der Waals surface area contributed by atoms with Gasteiger partial charge >= 0.3 is 0 Å². The molecule has 1 aromatic carbocycles. The number of nitrogens with one attached hydrogen (secondary N) is 1. The topological polar surface area (TPSA) is 57.5 Å². The molecule has 1 heterocycles. The lowest BCUT2D eigenvalue weighted by Gasteiger charge is -2.15. The number of aryl methyl sites for hydroxylation is 1. The van der Waals surface area contributed by atoms with E-state index in [0.717, 1.165) is 17.8 Å². The van der Waals surface area contributed by atoms with Crippen molar-refractivity contribution in [1.82, 2.24) is 15.1 Å². The van der Waals surface area contributed by atoms with Gasteiger partial charge in [-0.1, -0.05) is 0 Å². The third kappa shape index (κ3) is 3.66. The molecular formula is C15H21N3O3. The van der Waals surface area contributed by atoms with Gasteiger partial charge in [0, 0.05) is 19.8 Å². The van der Waals surface area contributed by atoms with E-state index >= 15 is 0 Å². The van der Waals surface area contributed by atoms with Crippen LogP contribution in [-0.2, 0) is 20.2 Å². The van der Waals surface area contributed by atoms with Crippen molar-refractivity contribution in [2.24, 2.45) is 7.05 Å². The number of aromatic nitrogens is 2. The van der Waals surface area contributed by atoms with Crippen LogP contribution in [0.2, 0.25) is 0 Å². The van der Waals surface area contributed by atoms with Crippen molar-refractivity contribution in [3.63, 3.8) is 0 Å². The van der Waals surface area contributed by atoms with Crippen molar-refractivity contribution < 1.29 is 14.2 Å². The van der Waals surface area contributed by atoms with Crippen LogP contribution in [-0.4, -0.2) is 31.0 Å². The van der Waals surface area contributed by atoms with Gasteiger partial charge in [0.25, 0.3) is 0 Å². The Morgan fingerprint density at radius 1 is 1.19 bits per heavy atom. The number of ether oxygens (including phenoxy) is 3. The molecule has 6 heteroatoms. The summed E-state index contributed by atoms with van der Waals surface area (Å²) in [7, 11) is 7.00. The average Bonchev–Trinajstić information content (AvgIpc) is 2.90. The maximum Gasteiger partial charge on any atom is 0.203 e. The van der Waals surface area contributed by atoms with Gasteiger partial charge in [-0.25, -0.2) is 0 Å². The van der Waals surface area contributed by atoms with Gasteiger partial charge in [-0.05, 0) is 30.8 Å². The Morgan fingerprint density at radius 3 is 2.33 bits per heavy atom. The summed E-state index contributed by atoms with van der Waals surface area (Å²) >= 11 is 0. The minimum absolute atomic E-state index is 0.360. The number of benzene rings is 1. The molecule has 0 spiro atoms. The Labute approximate surface area is 124 Å². The molecule has 114 valence electrons. The summed E-state index contributed by atoms with van der Waals surface area (Å²) in [5, 5.41) is 7.39. The van der Waals surface area contributed by atoms with Crippen molar-refractivity contribution in [2.75, 3.05) is 21.3 Å². The highest BCUT2D eigenvalue weighted by molar-refractivity contribution is 5.53. The molecule has 0 radical (unpaired) electrons. The van der Waals surface area contributed by atoms with Crippen molar-refractivity contribution in [2.45, 2.75) is 13.2 Å². The predicted octanol–water partition coefficient (Wildman–Crippen LogP) is 1.74. The lowest BCUT2D eigenvalue weighted by Crippen LogP contribution is -2.07.